The summed E-state index contributed by atoms with van der Waals surface area (Å²) >= 11 is 0. The molecule has 0 aliphatic carbocycles. The highest BCUT2D eigenvalue weighted by Crippen LogP contribution is 2.39. The quantitative estimate of drug-likeness (QED) is 0.588. The summed E-state index contributed by atoms with van der Waals surface area (Å²) in [5, 5.41) is 18.0. The first-order chi connectivity index (χ1) is 6.54. The van der Waals surface area contributed by atoms with Gasteiger partial charge in [0.1, 0.15) is 5.70 Å². The van der Waals surface area contributed by atoms with E-state index in [0.717, 1.165) is 0 Å². The molecule has 0 aromatic rings. The normalized spacial score (nSPS) is 32.0. The van der Waals surface area contributed by atoms with Gasteiger partial charge in [-0.2, -0.15) is 0 Å². The van der Waals surface area contributed by atoms with E-state index in [9.17, 15) is 14.7 Å². The standard InChI is InChI=1S/C9H11NO4/c1-4(11)7-5-2-3-6(9(13)14)10(5)8(7)12/h3-5,7,11H,2H2,1H3,(H,13,14). The van der Waals surface area contributed by atoms with Crippen molar-refractivity contribution >= 4 is 11.9 Å². The Morgan fingerprint density at radius 1 is 1.71 bits per heavy atom. The van der Waals surface area contributed by atoms with E-state index in [2.05, 4.69) is 0 Å². The Morgan fingerprint density at radius 2 is 2.36 bits per heavy atom. The number of amides is 1. The number of carbonyl (C=O) groups is 2. The van der Waals surface area contributed by atoms with Gasteiger partial charge in [0.25, 0.3) is 0 Å². The largest absolute Gasteiger partial charge is 0.477 e. The van der Waals surface area contributed by atoms with Crippen molar-refractivity contribution in [2.75, 3.05) is 0 Å². The number of aliphatic hydroxyl groups is 1. The van der Waals surface area contributed by atoms with Crippen molar-refractivity contribution in [2.45, 2.75) is 25.5 Å². The Balaban J connectivity index is 2.17. The number of carboxylic acids is 1. The van der Waals surface area contributed by atoms with Gasteiger partial charge in [-0.1, -0.05) is 6.08 Å². The zero-order chi connectivity index (χ0) is 10.5. The molecule has 0 aromatic carbocycles. The predicted octanol–water partition coefficient (Wildman–Crippen LogP) is -0.434. The van der Waals surface area contributed by atoms with E-state index in [-0.39, 0.29) is 17.6 Å². The van der Waals surface area contributed by atoms with Gasteiger partial charge >= 0.3 is 5.97 Å². The summed E-state index contributed by atoms with van der Waals surface area (Å²) in [7, 11) is 0. The number of aliphatic carboxylic acids is 1. The third-order valence-corrected chi connectivity index (χ3v) is 2.82. The average Bonchev–Trinajstić information content (AvgIpc) is 2.42. The molecular formula is C9H11NO4. The van der Waals surface area contributed by atoms with Gasteiger partial charge in [0.2, 0.25) is 5.91 Å². The van der Waals surface area contributed by atoms with Crippen LogP contribution in [0.1, 0.15) is 13.3 Å². The van der Waals surface area contributed by atoms with Gasteiger partial charge in [-0.15, -0.1) is 0 Å². The molecular weight excluding hydrogens is 186 g/mol. The number of nitrogens with zero attached hydrogens (tertiary/aromatic N) is 1. The average molecular weight is 197 g/mol. The van der Waals surface area contributed by atoms with Gasteiger partial charge in [-0.05, 0) is 13.3 Å². The lowest BCUT2D eigenvalue weighted by molar-refractivity contribution is -0.161. The maximum absolute atomic E-state index is 11.5. The number of β-lactam (4-membered cyclic amide) rings is 1. The van der Waals surface area contributed by atoms with Crippen molar-refractivity contribution in [1.82, 2.24) is 4.90 Å². The molecule has 5 nitrogen and oxygen atoms in total. The molecule has 2 aliphatic heterocycles. The fourth-order valence-electron chi connectivity index (χ4n) is 2.17. The first-order valence-electron chi connectivity index (χ1n) is 4.48. The molecule has 0 saturated carbocycles. The number of hydrogen-bond acceptors (Lipinski definition) is 3. The minimum atomic E-state index is -1.08. The van der Waals surface area contributed by atoms with Crippen LogP contribution in [0.15, 0.2) is 11.8 Å². The minimum absolute atomic E-state index is 0.0527. The number of fused-ring (bicyclic) bond motifs is 1. The summed E-state index contributed by atoms with van der Waals surface area (Å²) in [6.07, 6.45) is 1.36. The molecule has 1 fully saturated rings. The molecule has 2 heterocycles. The number of carboxylic acid groups (broad SMARTS) is 1. The topological polar surface area (TPSA) is 77.8 Å². The second-order valence-electron chi connectivity index (χ2n) is 3.67. The number of hydrogen-bond donors (Lipinski definition) is 2. The molecule has 0 bridgehead atoms. The minimum Gasteiger partial charge on any atom is -0.477 e. The SMILES string of the molecule is CC(O)C1C(=O)N2C(C(=O)O)=CCC12. The second kappa shape index (κ2) is 2.81. The fraction of sp³-hybridized carbons (Fsp3) is 0.556. The first kappa shape index (κ1) is 9.21. The van der Waals surface area contributed by atoms with Gasteiger partial charge < -0.3 is 15.1 Å². The zero-order valence-electron chi connectivity index (χ0n) is 7.67. The number of carbonyl (C=O) groups excluding carboxylic acids is 1. The molecule has 0 spiro atoms. The van der Waals surface area contributed by atoms with Crippen LogP contribution in [0.4, 0.5) is 0 Å². The van der Waals surface area contributed by atoms with E-state index in [1.54, 1.807) is 6.92 Å². The molecule has 1 amide bonds. The van der Waals surface area contributed by atoms with Crippen molar-refractivity contribution in [3.05, 3.63) is 11.8 Å². The molecule has 2 aliphatic rings. The molecule has 2 N–H and O–H groups in total. The van der Waals surface area contributed by atoms with E-state index in [1.165, 1.54) is 11.0 Å². The fourth-order valence-corrected chi connectivity index (χ4v) is 2.17. The van der Waals surface area contributed by atoms with Gasteiger partial charge in [0, 0.05) is 0 Å². The molecule has 5 heteroatoms. The van der Waals surface area contributed by atoms with Crippen LogP contribution in [0.3, 0.4) is 0 Å². The first-order valence-corrected chi connectivity index (χ1v) is 4.48. The second-order valence-corrected chi connectivity index (χ2v) is 3.67. The third-order valence-electron chi connectivity index (χ3n) is 2.82. The van der Waals surface area contributed by atoms with E-state index in [1.807, 2.05) is 0 Å². The van der Waals surface area contributed by atoms with Gasteiger partial charge in [-0.3, -0.25) is 4.79 Å². The molecule has 0 radical (unpaired) electrons. The molecule has 3 unspecified atom stereocenters. The van der Waals surface area contributed by atoms with Gasteiger partial charge in [0.15, 0.2) is 0 Å². The van der Waals surface area contributed by atoms with Crippen LogP contribution in [0.2, 0.25) is 0 Å². The zero-order valence-corrected chi connectivity index (χ0v) is 7.67. The van der Waals surface area contributed by atoms with Crippen LogP contribution < -0.4 is 0 Å². The van der Waals surface area contributed by atoms with Gasteiger partial charge in [0.05, 0.1) is 18.1 Å². The molecule has 14 heavy (non-hydrogen) atoms. The molecule has 0 aromatic heterocycles. The lowest BCUT2D eigenvalue weighted by Gasteiger charge is -2.44. The van der Waals surface area contributed by atoms with Crippen molar-refractivity contribution < 1.29 is 19.8 Å². The third kappa shape index (κ3) is 0.988. The van der Waals surface area contributed by atoms with E-state index < -0.39 is 18.0 Å². The summed E-state index contributed by atoms with van der Waals surface area (Å²) in [6, 6.07) is -0.145. The van der Waals surface area contributed by atoms with Crippen molar-refractivity contribution in [3.63, 3.8) is 0 Å². The Morgan fingerprint density at radius 3 is 2.86 bits per heavy atom. The van der Waals surface area contributed by atoms with Crippen molar-refractivity contribution in [1.29, 1.82) is 0 Å². The van der Waals surface area contributed by atoms with Crippen LogP contribution in [0.25, 0.3) is 0 Å². The lowest BCUT2D eigenvalue weighted by Crippen LogP contribution is -2.61. The summed E-state index contributed by atoms with van der Waals surface area (Å²) < 4.78 is 0. The molecule has 1 saturated heterocycles. The Labute approximate surface area is 80.6 Å². The lowest BCUT2D eigenvalue weighted by atomic mass is 9.83. The van der Waals surface area contributed by atoms with Crippen LogP contribution in [0.5, 0.6) is 0 Å². The van der Waals surface area contributed by atoms with Crippen LogP contribution in [-0.2, 0) is 9.59 Å². The Kier molecular flexibility index (Phi) is 1.85. The summed E-state index contributed by atoms with van der Waals surface area (Å²) in [5.74, 6) is -1.79. The maximum Gasteiger partial charge on any atom is 0.352 e. The highest BCUT2D eigenvalue weighted by Gasteiger charge is 2.54. The van der Waals surface area contributed by atoms with Crippen LogP contribution in [0, 0.1) is 5.92 Å². The van der Waals surface area contributed by atoms with Crippen LogP contribution in [-0.4, -0.2) is 39.1 Å². The van der Waals surface area contributed by atoms with E-state index >= 15 is 0 Å². The highest BCUT2D eigenvalue weighted by atomic mass is 16.4. The number of rotatable bonds is 2. The molecule has 2 rings (SSSR count). The van der Waals surface area contributed by atoms with Gasteiger partial charge in [-0.25, -0.2) is 4.79 Å². The van der Waals surface area contributed by atoms with Crippen molar-refractivity contribution in [3.8, 4) is 0 Å². The Bertz CT molecular complexity index is 334. The molecule has 76 valence electrons. The monoisotopic (exact) mass is 197 g/mol. The van der Waals surface area contributed by atoms with E-state index in [0.29, 0.717) is 6.42 Å². The Hall–Kier alpha value is -1.36. The highest BCUT2D eigenvalue weighted by molar-refractivity contribution is 5.98. The molecule has 3 atom stereocenters. The summed E-state index contributed by atoms with van der Waals surface area (Å²) in [4.78, 5) is 23.4. The van der Waals surface area contributed by atoms with Crippen molar-refractivity contribution in [2.24, 2.45) is 5.92 Å². The smallest absolute Gasteiger partial charge is 0.352 e. The van der Waals surface area contributed by atoms with E-state index in [4.69, 9.17) is 5.11 Å². The van der Waals surface area contributed by atoms with Crippen LogP contribution >= 0.6 is 0 Å². The maximum atomic E-state index is 11.5. The number of aliphatic hydroxyl groups excluding tert-OH is 1. The summed E-state index contributed by atoms with van der Waals surface area (Å²) in [6.45, 7) is 1.55. The summed E-state index contributed by atoms with van der Waals surface area (Å²) in [5.41, 5.74) is 0.0527. The predicted molar refractivity (Wildman–Crippen MR) is 46.1 cm³/mol.